The predicted molar refractivity (Wildman–Crippen MR) is 94.0 cm³/mol. The van der Waals surface area contributed by atoms with Crippen LogP contribution in [-0.2, 0) is 15.1 Å². The molecule has 0 spiro atoms. The van der Waals surface area contributed by atoms with Crippen molar-refractivity contribution < 1.29 is 14.7 Å². The van der Waals surface area contributed by atoms with Crippen molar-refractivity contribution in [1.29, 1.82) is 0 Å². The number of amides is 1. The largest absolute Gasteiger partial charge is 0.481 e. The van der Waals surface area contributed by atoms with Crippen molar-refractivity contribution in [3.05, 3.63) is 35.9 Å². The Morgan fingerprint density at radius 1 is 1.16 bits per heavy atom. The molecule has 1 aliphatic heterocycles. The molecule has 2 N–H and O–H groups in total. The van der Waals surface area contributed by atoms with E-state index in [1.54, 1.807) is 0 Å². The number of aliphatic carboxylic acids is 1. The van der Waals surface area contributed by atoms with E-state index in [0.29, 0.717) is 13.1 Å². The topological polar surface area (TPSA) is 69.6 Å². The molecular formula is C20H26N2O3. The number of fused-ring (bicyclic) bond motifs is 1. The van der Waals surface area contributed by atoms with Crippen LogP contribution in [0.15, 0.2) is 30.3 Å². The molecule has 1 aromatic rings. The van der Waals surface area contributed by atoms with E-state index in [4.69, 9.17) is 0 Å². The molecule has 2 atom stereocenters. The maximum Gasteiger partial charge on any atom is 0.311 e. The van der Waals surface area contributed by atoms with Crippen LogP contribution in [0.25, 0.3) is 0 Å². The van der Waals surface area contributed by atoms with Crippen LogP contribution in [0.3, 0.4) is 0 Å². The Labute approximate surface area is 148 Å². The van der Waals surface area contributed by atoms with Gasteiger partial charge in [-0.15, -0.1) is 0 Å². The summed E-state index contributed by atoms with van der Waals surface area (Å²) in [4.78, 5) is 26.5. The van der Waals surface area contributed by atoms with Gasteiger partial charge in [0, 0.05) is 13.1 Å². The standard InChI is InChI=1S/C20H26N2O3/c23-17(21-20(10-5-11-20)15-6-2-1-3-7-15)13-22-12-16-8-4-9-19(16,14-22)18(24)25/h1-3,6-7,16H,4-5,8-14H2,(H,21,23)(H,24,25)/t16-,19+/m0/s1. The number of carboxylic acid groups (broad SMARTS) is 1. The Kier molecular flexibility index (Phi) is 4.07. The Morgan fingerprint density at radius 3 is 2.52 bits per heavy atom. The Bertz CT molecular complexity index is 671. The third kappa shape index (κ3) is 2.74. The van der Waals surface area contributed by atoms with Crippen molar-refractivity contribution >= 4 is 11.9 Å². The van der Waals surface area contributed by atoms with Crippen molar-refractivity contribution in [2.45, 2.75) is 44.1 Å². The van der Waals surface area contributed by atoms with Crippen LogP contribution in [-0.4, -0.2) is 41.5 Å². The van der Waals surface area contributed by atoms with Gasteiger partial charge in [0.2, 0.25) is 5.91 Å². The summed E-state index contributed by atoms with van der Waals surface area (Å²) in [6, 6.07) is 10.2. The van der Waals surface area contributed by atoms with Gasteiger partial charge in [-0.25, -0.2) is 0 Å². The second-order valence-corrected chi connectivity index (χ2v) is 8.07. The minimum absolute atomic E-state index is 0.0177. The van der Waals surface area contributed by atoms with Gasteiger partial charge in [0.05, 0.1) is 17.5 Å². The van der Waals surface area contributed by atoms with Gasteiger partial charge in [-0.2, -0.15) is 0 Å². The van der Waals surface area contributed by atoms with Gasteiger partial charge < -0.3 is 10.4 Å². The third-order valence-corrected chi connectivity index (χ3v) is 6.65. The molecule has 3 aliphatic rings. The SMILES string of the molecule is O=C(CN1C[C@@H]2CCC[C@@]2(C(=O)O)C1)NC1(c2ccccc2)CCC1. The minimum atomic E-state index is -0.683. The molecule has 0 bridgehead atoms. The van der Waals surface area contributed by atoms with E-state index in [1.807, 2.05) is 23.1 Å². The summed E-state index contributed by atoms with van der Waals surface area (Å²) in [6.45, 7) is 1.55. The summed E-state index contributed by atoms with van der Waals surface area (Å²) in [5.41, 5.74) is 0.335. The summed E-state index contributed by atoms with van der Waals surface area (Å²) in [6.07, 6.45) is 5.80. The zero-order valence-corrected chi connectivity index (χ0v) is 14.5. The van der Waals surface area contributed by atoms with E-state index in [9.17, 15) is 14.7 Å². The average Bonchev–Trinajstić information content (AvgIpc) is 3.09. The molecule has 0 unspecified atom stereocenters. The lowest BCUT2D eigenvalue weighted by molar-refractivity contribution is -0.149. The molecule has 1 amide bonds. The Morgan fingerprint density at radius 2 is 1.92 bits per heavy atom. The number of nitrogens with one attached hydrogen (secondary N) is 1. The number of hydrogen-bond donors (Lipinski definition) is 2. The van der Waals surface area contributed by atoms with Crippen molar-refractivity contribution in [2.75, 3.05) is 19.6 Å². The van der Waals surface area contributed by atoms with Crippen LogP contribution < -0.4 is 5.32 Å². The van der Waals surface area contributed by atoms with Crippen LogP contribution >= 0.6 is 0 Å². The number of carboxylic acids is 1. The van der Waals surface area contributed by atoms with E-state index in [2.05, 4.69) is 17.4 Å². The summed E-state index contributed by atoms with van der Waals surface area (Å²) in [5.74, 6) is -0.466. The second kappa shape index (κ2) is 6.13. The number of benzene rings is 1. The zero-order valence-electron chi connectivity index (χ0n) is 14.5. The number of hydrogen-bond acceptors (Lipinski definition) is 3. The number of likely N-dealkylation sites (tertiary alicyclic amines) is 1. The van der Waals surface area contributed by atoms with Crippen molar-refractivity contribution in [3.8, 4) is 0 Å². The van der Waals surface area contributed by atoms with Crippen molar-refractivity contribution in [1.82, 2.24) is 10.2 Å². The summed E-state index contributed by atoms with van der Waals surface area (Å²) < 4.78 is 0. The van der Waals surface area contributed by atoms with E-state index >= 15 is 0 Å². The van der Waals surface area contributed by atoms with Crippen LogP contribution in [0.1, 0.15) is 44.1 Å². The van der Waals surface area contributed by atoms with Gasteiger partial charge in [-0.3, -0.25) is 14.5 Å². The molecule has 0 radical (unpaired) electrons. The molecule has 134 valence electrons. The maximum absolute atomic E-state index is 12.7. The van der Waals surface area contributed by atoms with Gasteiger partial charge in [0.15, 0.2) is 0 Å². The molecule has 1 aromatic carbocycles. The molecule has 1 saturated heterocycles. The van der Waals surface area contributed by atoms with Crippen LogP contribution in [0.2, 0.25) is 0 Å². The monoisotopic (exact) mass is 342 g/mol. The molecule has 4 rings (SSSR count). The third-order valence-electron chi connectivity index (χ3n) is 6.65. The first-order valence-corrected chi connectivity index (χ1v) is 9.36. The molecular weight excluding hydrogens is 316 g/mol. The molecule has 2 aliphatic carbocycles. The minimum Gasteiger partial charge on any atom is -0.481 e. The fraction of sp³-hybridized carbons (Fsp3) is 0.600. The highest BCUT2D eigenvalue weighted by molar-refractivity contribution is 5.80. The maximum atomic E-state index is 12.7. The summed E-state index contributed by atoms with van der Waals surface area (Å²) >= 11 is 0. The van der Waals surface area contributed by atoms with Gasteiger partial charge in [-0.1, -0.05) is 36.8 Å². The van der Waals surface area contributed by atoms with Gasteiger partial charge in [-0.05, 0) is 43.6 Å². The second-order valence-electron chi connectivity index (χ2n) is 8.07. The molecule has 5 heteroatoms. The highest BCUT2D eigenvalue weighted by Crippen LogP contribution is 2.49. The normalized spacial score (nSPS) is 30.5. The summed E-state index contributed by atoms with van der Waals surface area (Å²) in [7, 11) is 0. The fourth-order valence-corrected chi connectivity index (χ4v) is 5.15. The lowest BCUT2D eigenvalue weighted by atomic mass is 9.72. The van der Waals surface area contributed by atoms with Gasteiger partial charge >= 0.3 is 5.97 Å². The predicted octanol–water partition coefficient (Wildman–Crippen LogP) is 2.37. The van der Waals surface area contributed by atoms with Crippen LogP contribution in [0.5, 0.6) is 0 Å². The van der Waals surface area contributed by atoms with E-state index in [0.717, 1.165) is 45.1 Å². The molecule has 3 fully saturated rings. The van der Waals surface area contributed by atoms with Crippen molar-refractivity contribution in [2.24, 2.45) is 11.3 Å². The first-order valence-electron chi connectivity index (χ1n) is 9.36. The molecule has 1 heterocycles. The summed E-state index contributed by atoms with van der Waals surface area (Å²) in [5, 5.41) is 12.9. The number of carbonyl (C=O) groups excluding carboxylic acids is 1. The lowest BCUT2D eigenvalue weighted by Gasteiger charge is -2.43. The highest BCUT2D eigenvalue weighted by Gasteiger charge is 2.55. The smallest absolute Gasteiger partial charge is 0.311 e. The quantitative estimate of drug-likeness (QED) is 0.862. The Hall–Kier alpha value is -1.88. The molecule has 2 saturated carbocycles. The number of carbonyl (C=O) groups is 2. The molecule has 0 aromatic heterocycles. The number of nitrogens with zero attached hydrogens (tertiary/aromatic N) is 1. The van der Waals surface area contributed by atoms with Gasteiger partial charge in [0.1, 0.15) is 0 Å². The van der Waals surface area contributed by atoms with E-state index in [1.165, 1.54) is 5.56 Å². The first kappa shape index (κ1) is 16.6. The first-order chi connectivity index (χ1) is 12.0. The molecule has 25 heavy (non-hydrogen) atoms. The van der Waals surface area contributed by atoms with Gasteiger partial charge in [0.25, 0.3) is 0 Å². The number of rotatable bonds is 5. The lowest BCUT2D eigenvalue weighted by Crippen LogP contribution is -2.53. The van der Waals surface area contributed by atoms with E-state index in [-0.39, 0.29) is 17.4 Å². The van der Waals surface area contributed by atoms with Crippen LogP contribution in [0, 0.1) is 11.3 Å². The van der Waals surface area contributed by atoms with E-state index < -0.39 is 11.4 Å². The molecule has 5 nitrogen and oxygen atoms in total. The van der Waals surface area contributed by atoms with Crippen LogP contribution in [0.4, 0.5) is 0 Å². The Balaban J connectivity index is 1.41. The zero-order chi connectivity index (χ0) is 17.5. The fourth-order valence-electron chi connectivity index (χ4n) is 5.15. The highest BCUT2D eigenvalue weighted by atomic mass is 16.4. The average molecular weight is 342 g/mol. The van der Waals surface area contributed by atoms with Crippen molar-refractivity contribution in [3.63, 3.8) is 0 Å².